The van der Waals surface area contributed by atoms with Crippen molar-refractivity contribution in [3.63, 3.8) is 0 Å². The molecule has 5 heteroatoms. The third-order valence-electron chi connectivity index (χ3n) is 5.53. The molecule has 166 valence electrons. The molecule has 0 aliphatic heterocycles. The summed E-state index contributed by atoms with van der Waals surface area (Å²) in [4.78, 5) is 14.8. The van der Waals surface area contributed by atoms with Gasteiger partial charge in [0.2, 0.25) is 0 Å². The molecule has 5 aromatic rings. The van der Waals surface area contributed by atoms with Crippen molar-refractivity contribution < 1.29 is 4.79 Å². The topological polar surface area (TPSA) is 46.4 Å². The van der Waals surface area contributed by atoms with Gasteiger partial charge in [-0.05, 0) is 66.6 Å². The van der Waals surface area contributed by atoms with E-state index in [1.165, 1.54) is 4.88 Å². The van der Waals surface area contributed by atoms with Crippen molar-refractivity contribution in [2.24, 2.45) is 5.10 Å². The Bertz CT molecular complexity index is 1380. The molecule has 0 atom stereocenters. The number of aromatic nitrogens is 1. The molecule has 5 rings (SSSR count). The lowest BCUT2D eigenvalue weighted by Crippen LogP contribution is -2.17. The summed E-state index contributed by atoms with van der Waals surface area (Å²) in [6.45, 7) is 2.04. The quantitative estimate of drug-likeness (QED) is 0.216. The number of carbonyl (C=O) groups is 1. The van der Waals surface area contributed by atoms with E-state index in [0.717, 1.165) is 33.1 Å². The maximum Gasteiger partial charge on any atom is 0.271 e. The molecule has 1 N–H and O–H groups in total. The highest BCUT2D eigenvalue weighted by Gasteiger charge is 2.14. The van der Waals surface area contributed by atoms with Crippen molar-refractivity contribution in [2.45, 2.75) is 6.92 Å². The van der Waals surface area contributed by atoms with Crippen LogP contribution in [0.1, 0.15) is 20.1 Å². The van der Waals surface area contributed by atoms with E-state index in [4.69, 9.17) is 0 Å². The minimum Gasteiger partial charge on any atom is -0.309 e. The second kappa shape index (κ2) is 9.73. The predicted molar refractivity (Wildman–Crippen MR) is 141 cm³/mol. The Morgan fingerprint density at radius 2 is 1.35 bits per heavy atom. The number of hydrazone groups is 1. The van der Waals surface area contributed by atoms with Gasteiger partial charge < -0.3 is 4.57 Å². The first kappa shape index (κ1) is 21.6. The van der Waals surface area contributed by atoms with Gasteiger partial charge in [0.15, 0.2) is 0 Å². The predicted octanol–water partition coefficient (Wildman–Crippen LogP) is 6.95. The average molecular weight is 462 g/mol. The third kappa shape index (κ3) is 4.60. The van der Waals surface area contributed by atoms with Crippen LogP contribution in [0.5, 0.6) is 0 Å². The summed E-state index contributed by atoms with van der Waals surface area (Å²) in [5, 5.41) is 4.09. The van der Waals surface area contributed by atoms with Gasteiger partial charge >= 0.3 is 0 Å². The maximum atomic E-state index is 12.6. The highest BCUT2D eigenvalue weighted by molar-refractivity contribution is 7.13. The summed E-state index contributed by atoms with van der Waals surface area (Å²) in [5.74, 6) is -0.241. The first-order valence-electron chi connectivity index (χ1n) is 11.0. The van der Waals surface area contributed by atoms with Crippen molar-refractivity contribution in [3.05, 3.63) is 125 Å². The van der Waals surface area contributed by atoms with Crippen molar-refractivity contribution in [1.82, 2.24) is 9.99 Å². The fourth-order valence-electron chi connectivity index (χ4n) is 3.89. The van der Waals surface area contributed by atoms with E-state index >= 15 is 0 Å². The van der Waals surface area contributed by atoms with E-state index < -0.39 is 0 Å². The lowest BCUT2D eigenvalue weighted by atomic mass is 10.1. The molecule has 0 radical (unpaired) electrons. The standard InChI is InChI=1S/C29H23N3OS/c1-21-12-17-26(34-21)20-30-31-29(33)24-13-15-25(16-14-24)32-27(22-8-4-2-5-9-22)18-19-28(32)23-10-6-3-7-11-23/h2-20H,1H3,(H,31,33)/b30-20+. The Kier molecular flexibility index (Phi) is 6.19. The van der Waals surface area contributed by atoms with E-state index in [-0.39, 0.29) is 5.91 Å². The van der Waals surface area contributed by atoms with E-state index in [1.807, 2.05) is 79.7 Å². The van der Waals surface area contributed by atoms with Crippen LogP contribution in [0.25, 0.3) is 28.2 Å². The zero-order valence-electron chi connectivity index (χ0n) is 18.7. The zero-order chi connectivity index (χ0) is 23.3. The van der Waals surface area contributed by atoms with E-state index in [1.54, 1.807) is 17.6 Å². The molecular weight excluding hydrogens is 438 g/mol. The summed E-state index contributed by atoms with van der Waals surface area (Å²) >= 11 is 1.63. The highest BCUT2D eigenvalue weighted by Crippen LogP contribution is 2.32. The van der Waals surface area contributed by atoms with Crippen LogP contribution in [-0.4, -0.2) is 16.7 Å². The van der Waals surface area contributed by atoms with Gasteiger partial charge in [-0.2, -0.15) is 5.10 Å². The molecule has 3 aromatic carbocycles. The van der Waals surface area contributed by atoms with E-state index in [0.29, 0.717) is 5.56 Å². The number of amides is 1. The highest BCUT2D eigenvalue weighted by atomic mass is 32.1. The fraction of sp³-hybridized carbons (Fsp3) is 0.0345. The Balaban J connectivity index is 1.45. The number of rotatable bonds is 6. The summed E-state index contributed by atoms with van der Waals surface area (Å²) in [6.07, 6.45) is 1.67. The molecular formula is C29H23N3OS. The molecule has 0 bridgehead atoms. The van der Waals surface area contributed by atoms with Crippen molar-refractivity contribution in [3.8, 4) is 28.2 Å². The Labute approximate surface area is 202 Å². The van der Waals surface area contributed by atoms with Crippen LogP contribution in [-0.2, 0) is 0 Å². The summed E-state index contributed by atoms with van der Waals surface area (Å²) in [7, 11) is 0. The van der Waals surface area contributed by atoms with E-state index in [9.17, 15) is 4.79 Å². The van der Waals surface area contributed by atoms with Crippen LogP contribution in [0.2, 0.25) is 0 Å². The molecule has 0 unspecified atom stereocenters. The summed E-state index contributed by atoms with van der Waals surface area (Å²) in [6, 6.07) is 36.5. The smallest absolute Gasteiger partial charge is 0.271 e. The molecule has 0 saturated heterocycles. The minimum atomic E-state index is -0.241. The molecule has 0 saturated carbocycles. The number of thiophene rings is 1. The van der Waals surface area contributed by atoms with Crippen LogP contribution in [0.15, 0.2) is 114 Å². The second-order valence-corrected chi connectivity index (χ2v) is 9.19. The number of carbonyl (C=O) groups excluding carboxylic acids is 1. The first-order chi connectivity index (χ1) is 16.7. The SMILES string of the molecule is Cc1ccc(/C=N/NC(=O)c2ccc(-n3c(-c4ccccc4)ccc3-c3ccccc3)cc2)s1. The summed E-state index contributed by atoms with van der Waals surface area (Å²) in [5.41, 5.74) is 8.59. The Morgan fingerprint density at radius 1 is 0.765 bits per heavy atom. The van der Waals surface area contributed by atoms with Crippen LogP contribution >= 0.6 is 11.3 Å². The lowest BCUT2D eigenvalue weighted by Gasteiger charge is -2.15. The number of nitrogens with zero attached hydrogens (tertiary/aromatic N) is 2. The van der Waals surface area contributed by atoms with Gasteiger partial charge in [-0.15, -0.1) is 11.3 Å². The average Bonchev–Trinajstić information content (AvgIpc) is 3.51. The molecule has 2 aromatic heterocycles. The molecule has 34 heavy (non-hydrogen) atoms. The second-order valence-electron chi connectivity index (χ2n) is 7.87. The van der Waals surface area contributed by atoms with Crippen LogP contribution in [0.3, 0.4) is 0 Å². The third-order valence-corrected chi connectivity index (χ3v) is 6.46. The van der Waals surface area contributed by atoms with Gasteiger partial charge in [0, 0.05) is 21.0 Å². The number of nitrogens with one attached hydrogen (secondary N) is 1. The van der Waals surface area contributed by atoms with Gasteiger partial charge in [0.1, 0.15) is 0 Å². The number of aryl methyl sites for hydroxylation is 1. The number of benzene rings is 3. The molecule has 0 fully saturated rings. The molecule has 0 aliphatic carbocycles. The van der Waals surface area contributed by atoms with E-state index in [2.05, 4.69) is 51.5 Å². The van der Waals surface area contributed by atoms with Gasteiger partial charge in [-0.3, -0.25) is 4.79 Å². The molecule has 2 heterocycles. The first-order valence-corrected chi connectivity index (χ1v) is 11.8. The van der Waals surface area contributed by atoms with Crippen molar-refractivity contribution >= 4 is 23.5 Å². The van der Waals surface area contributed by atoms with Crippen LogP contribution in [0.4, 0.5) is 0 Å². The number of hydrogen-bond donors (Lipinski definition) is 1. The lowest BCUT2D eigenvalue weighted by molar-refractivity contribution is 0.0955. The monoisotopic (exact) mass is 461 g/mol. The fourth-order valence-corrected chi connectivity index (χ4v) is 4.64. The molecule has 1 amide bonds. The van der Waals surface area contributed by atoms with Crippen LogP contribution in [0, 0.1) is 6.92 Å². The van der Waals surface area contributed by atoms with Gasteiger partial charge in [-0.25, -0.2) is 5.43 Å². The minimum absolute atomic E-state index is 0.241. The van der Waals surface area contributed by atoms with Gasteiger partial charge in [0.05, 0.1) is 17.6 Å². The molecule has 0 aliphatic rings. The summed E-state index contributed by atoms with van der Waals surface area (Å²) < 4.78 is 2.23. The maximum absolute atomic E-state index is 12.6. The van der Waals surface area contributed by atoms with Crippen molar-refractivity contribution in [2.75, 3.05) is 0 Å². The normalized spacial score (nSPS) is 11.1. The Hall–Kier alpha value is -4.22. The van der Waals surface area contributed by atoms with Crippen molar-refractivity contribution in [1.29, 1.82) is 0 Å². The number of hydrogen-bond acceptors (Lipinski definition) is 3. The van der Waals surface area contributed by atoms with Gasteiger partial charge in [0.25, 0.3) is 5.91 Å². The largest absolute Gasteiger partial charge is 0.309 e. The zero-order valence-corrected chi connectivity index (χ0v) is 19.5. The molecule has 4 nitrogen and oxygen atoms in total. The Morgan fingerprint density at radius 3 is 1.88 bits per heavy atom. The van der Waals surface area contributed by atoms with Gasteiger partial charge in [-0.1, -0.05) is 60.7 Å². The van der Waals surface area contributed by atoms with Crippen LogP contribution < -0.4 is 5.43 Å². The molecule has 0 spiro atoms.